The molecule has 11 heteroatoms. The van der Waals surface area contributed by atoms with Gasteiger partial charge in [-0.3, -0.25) is 13.9 Å². The van der Waals surface area contributed by atoms with E-state index in [1.54, 1.807) is 61.5 Å². The summed E-state index contributed by atoms with van der Waals surface area (Å²) in [4.78, 5) is 29.3. The number of hydrogen-bond acceptors (Lipinski definition) is 4. The number of rotatable bonds is 12. The lowest BCUT2D eigenvalue weighted by Gasteiger charge is -2.34. The maximum Gasteiger partial charge on any atom is 0.264 e. The molecule has 0 aliphatic carbocycles. The first-order chi connectivity index (χ1) is 20.6. The molecule has 0 aromatic heterocycles. The van der Waals surface area contributed by atoms with Crippen LogP contribution in [0.3, 0.4) is 0 Å². The fourth-order valence-corrected chi connectivity index (χ4v) is 6.85. The van der Waals surface area contributed by atoms with Crippen molar-refractivity contribution in [2.75, 3.05) is 17.4 Å². The van der Waals surface area contributed by atoms with Crippen LogP contribution in [0.1, 0.15) is 18.1 Å². The third-order valence-corrected chi connectivity index (χ3v) is 9.55. The topological polar surface area (TPSA) is 86.8 Å². The van der Waals surface area contributed by atoms with Crippen molar-refractivity contribution in [3.63, 3.8) is 0 Å². The average molecular weight is 659 g/mol. The van der Waals surface area contributed by atoms with E-state index in [9.17, 15) is 18.0 Å². The van der Waals surface area contributed by atoms with Crippen LogP contribution in [0.4, 0.5) is 5.69 Å². The number of benzene rings is 4. The number of nitrogens with one attached hydrogen (secondary N) is 1. The Hall–Kier alpha value is -3.56. The number of sulfonamides is 1. The number of halogens is 3. The highest BCUT2D eigenvalue weighted by Gasteiger charge is 2.35. The first kappa shape index (κ1) is 32.4. The van der Waals surface area contributed by atoms with Crippen LogP contribution >= 0.6 is 34.8 Å². The SMILES string of the molecule is CCNC(=O)[C@@H](Cc1ccccc1)N(Cc1c(Cl)cccc1Cl)C(=O)CN(c1ccccc1Cl)S(=O)(=O)c1ccccc1. The van der Waals surface area contributed by atoms with E-state index in [1.807, 2.05) is 30.3 Å². The van der Waals surface area contributed by atoms with Gasteiger partial charge in [-0.15, -0.1) is 0 Å². The van der Waals surface area contributed by atoms with Crippen molar-refractivity contribution >= 4 is 62.3 Å². The van der Waals surface area contributed by atoms with Gasteiger partial charge in [0.15, 0.2) is 0 Å². The first-order valence-corrected chi connectivity index (χ1v) is 16.1. The second-order valence-corrected chi connectivity index (χ2v) is 12.7. The lowest BCUT2D eigenvalue weighted by atomic mass is 10.0. The van der Waals surface area contributed by atoms with Gasteiger partial charge in [-0.25, -0.2) is 8.42 Å². The summed E-state index contributed by atoms with van der Waals surface area (Å²) in [7, 11) is -4.26. The standard InChI is InChI=1S/C32H30Cl3N3O4S/c1-2-36-32(40)30(20-23-12-5-3-6-13-23)37(21-25-26(33)17-11-18-27(25)34)31(39)22-38(29-19-10-9-16-28(29)35)43(41,42)24-14-7-4-8-15-24/h3-19,30H,2,20-22H2,1H3,(H,36,40)/t30-/m1/s1. The van der Waals surface area contributed by atoms with Gasteiger partial charge in [-0.2, -0.15) is 0 Å². The van der Waals surface area contributed by atoms with E-state index < -0.39 is 34.4 Å². The van der Waals surface area contributed by atoms with Crippen LogP contribution in [-0.2, 0) is 32.6 Å². The van der Waals surface area contributed by atoms with Gasteiger partial charge in [0.2, 0.25) is 11.8 Å². The third kappa shape index (κ3) is 7.89. The van der Waals surface area contributed by atoms with Crippen molar-refractivity contribution in [3.05, 3.63) is 129 Å². The minimum atomic E-state index is -4.26. The molecule has 4 aromatic carbocycles. The fraction of sp³-hybridized carbons (Fsp3) is 0.188. The smallest absolute Gasteiger partial charge is 0.264 e. The van der Waals surface area contributed by atoms with Gasteiger partial charge in [0.05, 0.1) is 15.6 Å². The van der Waals surface area contributed by atoms with Crippen LogP contribution in [0, 0.1) is 0 Å². The largest absolute Gasteiger partial charge is 0.355 e. The molecular formula is C32H30Cl3N3O4S. The van der Waals surface area contributed by atoms with Gasteiger partial charge in [0.25, 0.3) is 10.0 Å². The van der Waals surface area contributed by atoms with Gasteiger partial charge >= 0.3 is 0 Å². The van der Waals surface area contributed by atoms with Gasteiger partial charge in [0.1, 0.15) is 12.6 Å². The zero-order valence-electron chi connectivity index (χ0n) is 23.3. The Morgan fingerprint density at radius 3 is 1.93 bits per heavy atom. The number of amides is 2. The van der Waals surface area contributed by atoms with Gasteiger partial charge in [-0.05, 0) is 48.9 Å². The van der Waals surface area contributed by atoms with E-state index in [2.05, 4.69) is 5.32 Å². The second kappa shape index (κ2) is 14.8. The molecule has 0 saturated heterocycles. The van der Waals surface area contributed by atoms with Crippen molar-refractivity contribution in [2.45, 2.75) is 30.8 Å². The number of hydrogen-bond donors (Lipinski definition) is 1. The molecular weight excluding hydrogens is 629 g/mol. The van der Waals surface area contributed by atoms with Crippen LogP contribution in [0.2, 0.25) is 15.1 Å². The molecule has 1 N–H and O–H groups in total. The van der Waals surface area contributed by atoms with Gasteiger partial charge in [-0.1, -0.05) is 102 Å². The summed E-state index contributed by atoms with van der Waals surface area (Å²) in [5.74, 6) is -1.05. The van der Waals surface area contributed by atoms with Crippen LogP contribution in [0.15, 0.2) is 108 Å². The summed E-state index contributed by atoms with van der Waals surface area (Å²) in [5, 5.41) is 3.56. The summed E-state index contributed by atoms with van der Waals surface area (Å²) in [5.41, 5.74) is 1.35. The maximum absolute atomic E-state index is 14.4. The van der Waals surface area contributed by atoms with Crippen LogP contribution in [0.5, 0.6) is 0 Å². The molecule has 0 unspecified atom stereocenters. The summed E-state index contributed by atoms with van der Waals surface area (Å²) in [6.45, 7) is 1.31. The molecule has 7 nitrogen and oxygen atoms in total. The molecule has 0 spiro atoms. The number of para-hydroxylation sites is 1. The van der Waals surface area contributed by atoms with Crippen molar-refractivity contribution < 1.29 is 18.0 Å². The van der Waals surface area contributed by atoms with E-state index in [0.29, 0.717) is 22.2 Å². The average Bonchev–Trinajstić information content (AvgIpc) is 3.00. The molecule has 0 aliphatic rings. The molecule has 0 saturated carbocycles. The Bertz CT molecular complexity index is 1650. The van der Waals surface area contributed by atoms with Crippen molar-refractivity contribution in [2.24, 2.45) is 0 Å². The Balaban J connectivity index is 1.83. The normalized spacial score (nSPS) is 11.9. The molecule has 4 aromatic rings. The summed E-state index contributed by atoms with van der Waals surface area (Å²) < 4.78 is 28.9. The number of carbonyl (C=O) groups excluding carboxylic acids is 2. The number of nitrogens with zero attached hydrogens (tertiary/aromatic N) is 2. The molecule has 0 fully saturated rings. The predicted molar refractivity (Wildman–Crippen MR) is 172 cm³/mol. The summed E-state index contributed by atoms with van der Waals surface area (Å²) >= 11 is 19.5. The summed E-state index contributed by atoms with van der Waals surface area (Å²) in [6.07, 6.45) is 0.165. The van der Waals surface area contributed by atoms with Crippen molar-refractivity contribution in [1.82, 2.24) is 10.2 Å². The van der Waals surface area contributed by atoms with Gasteiger partial charge in [0, 0.05) is 35.1 Å². The van der Waals surface area contributed by atoms with E-state index in [0.717, 1.165) is 9.87 Å². The van der Waals surface area contributed by atoms with Crippen LogP contribution in [-0.4, -0.2) is 44.3 Å². The maximum atomic E-state index is 14.4. The number of carbonyl (C=O) groups is 2. The highest BCUT2D eigenvalue weighted by molar-refractivity contribution is 7.92. The molecule has 43 heavy (non-hydrogen) atoms. The predicted octanol–water partition coefficient (Wildman–Crippen LogP) is 6.62. The minimum absolute atomic E-state index is 0.0204. The Kier molecular flexibility index (Phi) is 11.1. The molecule has 0 aliphatic heterocycles. The zero-order valence-corrected chi connectivity index (χ0v) is 26.4. The third-order valence-electron chi connectivity index (χ3n) is 6.74. The minimum Gasteiger partial charge on any atom is -0.355 e. The van der Waals surface area contributed by atoms with E-state index >= 15 is 0 Å². The summed E-state index contributed by atoms with van der Waals surface area (Å²) in [6, 6.07) is 27.3. The fourth-order valence-electron chi connectivity index (χ4n) is 4.59. The second-order valence-electron chi connectivity index (χ2n) is 9.60. The lowest BCUT2D eigenvalue weighted by Crippen LogP contribution is -2.53. The van der Waals surface area contributed by atoms with Gasteiger partial charge < -0.3 is 10.2 Å². The first-order valence-electron chi connectivity index (χ1n) is 13.5. The van der Waals surface area contributed by atoms with E-state index in [4.69, 9.17) is 34.8 Å². The molecule has 224 valence electrons. The number of likely N-dealkylation sites (N-methyl/N-ethyl adjacent to an activating group) is 1. The molecule has 2 amide bonds. The quantitative estimate of drug-likeness (QED) is 0.185. The number of anilines is 1. The Labute approximate surface area is 267 Å². The zero-order chi connectivity index (χ0) is 31.0. The van der Waals surface area contributed by atoms with Crippen molar-refractivity contribution in [1.29, 1.82) is 0 Å². The Morgan fingerprint density at radius 2 is 1.33 bits per heavy atom. The monoisotopic (exact) mass is 657 g/mol. The van der Waals surface area contributed by atoms with Crippen molar-refractivity contribution in [3.8, 4) is 0 Å². The molecule has 1 atom stereocenters. The van der Waals surface area contributed by atoms with Crippen LogP contribution in [0.25, 0.3) is 0 Å². The van der Waals surface area contributed by atoms with E-state index in [1.165, 1.54) is 23.1 Å². The van der Waals surface area contributed by atoms with Crippen LogP contribution < -0.4 is 9.62 Å². The molecule has 0 heterocycles. The highest BCUT2D eigenvalue weighted by Crippen LogP contribution is 2.32. The highest BCUT2D eigenvalue weighted by atomic mass is 35.5. The molecule has 0 bridgehead atoms. The van der Waals surface area contributed by atoms with E-state index in [-0.39, 0.29) is 28.6 Å². The Morgan fingerprint density at radius 1 is 0.767 bits per heavy atom. The molecule has 0 radical (unpaired) electrons. The molecule has 4 rings (SSSR count). The lowest BCUT2D eigenvalue weighted by molar-refractivity contribution is -0.140.